The van der Waals surface area contributed by atoms with Crippen LogP contribution < -0.4 is 0 Å². The molecule has 3 nitrogen and oxygen atoms in total. The van der Waals surface area contributed by atoms with Gasteiger partial charge in [-0.25, -0.2) is 0 Å². The lowest BCUT2D eigenvalue weighted by molar-refractivity contribution is -0.114. The highest BCUT2D eigenvalue weighted by Gasteiger charge is 2.16. The van der Waals surface area contributed by atoms with Crippen molar-refractivity contribution in [2.24, 2.45) is 0 Å². The van der Waals surface area contributed by atoms with Gasteiger partial charge in [0, 0.05) is 11.1 Å². The number of hydrogen-bond donors (Lipinski definition) is 2. The normalized spacial score (nSPS) is 10.4. The Morgan fingerprint density at radius 3 is 1.35 bits per heavy atom. The fourth-order valence-electron chi connectivity index (χ4n) is 3.05. The molecular formula is C23H20O3. The van der Waals surface area contributed by atoms with E-state index in [0.717, 1.165) is 21.5 Å². The molecule has 0 aromatic heterocycles. The van der Waals surface area contributed by atoms with Crippen LogP contribution in [0.2, 0.25) is 0 Å². The molecule has 0 amide bonds. The molecule has 4 rings (SSSR count). The lowest BCUT2D eigenvalue weighted by atomic mass is 9.92. The van der Waals surface area contributed by atoms with Crippen LogP contribution in [0.4, 0.5) is 0 Å². The van der Waals surface area contributed by atoms with Crippen LogP contribution in [0.1, 0.15) is 13.8 Å². The fraction of sp³-hybridized carbons (Fsp3) is 0.0870. The van der Waals surface area contributed by atoms with Crippen molar-refractivity contribution in [1.29, 1.82) is 0 Å². The Morgan fingerprint density at radius 1 is 0.615 bits per heavy atom. The summed E-state index contributed by atoms with van der Waals surface area (Å²) in [5.74, 6) is 0.510. The SMILES string of the molecule is CC(C)=O.Oc1ccc2ccccc2c1-c1c(O)ccc2ccccc12. The standard InChI is InChI=1S/C20H14O2.C3H6O/c21-17-11-9-13-5-1-3-7-15(13)19(17)20-16-8-4-2-6-14(16)10-12-18(20)22;1-3(2)4/h1-12,21-22H;1-2H3. The van der Waals surface area contributed by atoms with Gasteiger partial charge in [-0.15, -0.1) is 0 Å². The van der Waals surface area contributed by atoms with Crippen molar-refractivity contribution in [2.75, 3.05) is 0 Å². The van der Waals surface area contributed by atoms with Gasteiger partial charge in [0.15, 0.2) is 0 Å². The van der Waals surface area contributed by atoms with Crippen molar-refractivity contribution in [3.63, 3.8) is 0 Å². The number of Topliss-reactive ketones (excluding diaryl/α,β-unsaturated/α-hetero) is 1. The summed E-state index contributed by atoms with van der Waals surface area (Å²) in [6, 6.07) is 22.9. The zero-order chi connectivity index (χ0) is 18.7. The maximum absolute atomic E-state index is 10.4. The molecule has 0 radical (unpaired) electrons. The van der Waals surface area contributed by atoms with E-state index in [-0.39, 0.29) is 17.3 Å². The highest BCUT2D eigenvalue weighted by atomic mass is 16.3. The van der Waals surface area contributed by atoms with Crippen molar-refractivity contribution in [3.05, 3.63) is 72.8 Å². The number of carbonyl (C=O) groups is 1. The number of aromatic hydroxyl groups is 2. The predicted octanol–water partition coefficient (Wildman–Crippen LogP) is 5.67. The molecule has 130 valence electrons. The van der Waals surface area contributed by atoms with Gasteiger partial charge >= 0.3 is 0 Å². The molecule has 0 saturated carbocycles. The van der Waals surface area contributed by atoms with Crippen molar-refractivity contribution < 1.29 is 15.0 Å². The summed E-state index contributed by atoms with van der Waals surface area (Å²) >= 11 is 0. The van der Waals surface area contributed by atoms with E-state index in [2.05, 4.69) is 0 Å². The molecule has 0 bridgehead atoms. The van der Waals surface area contributed by atoms with Gasteiger partial charge in [-0.1, -0.05) is 60.7 Å². The minimum absolute atomic E-state index is 0.167. The van der Waals surface area contributed by atoms with Crippen LogP contribution in [-0.4, -0.2) is 16.0 Å². The first kappa shape index (κ1) is 17.5. The molecule has 0 aliphatic rings. The number of phenols is 2. The smallest absolute Gasteiger partial charge is 0.126 e. The lowest BCUT2D eigenvalue weighted by Crippen LogP contribution is -1.86. The summed E-state index contributed by atoms with van der Waals surface area (Å²) in [4.78, 5) is 9.44. The molecule has 0 aliphatic carbocycles. The van der Waals surface area contributed by atoms with Crippen molar-refractivity contribution >= 4 is 27.3 Å². The molecule has 0 unspecified atom stereocenters. The predicted molar refractivity (Wildman–Crippen MR) is 107 cm³/mol. The quantitative estimate of drug-likeness (QED) is 0.468. The van der Waals surface area contributed by atoms with Gasteiger partial charge in [0.05, 0.1) is 0 Å². The number of carbonyl (C=O) groups excluding carboxylic acids is 1. The molecule has 0 saturated heterocycles. The van der Waals surface area contributed by atoms with Crippen molar-refractivity contribution in [1.82, 2.24) is 0 Å². The van der Waals surface area contributed by atoms with E-state index >= 15 is 0 Å². The first-order valence-corrected chi connectivity index (χ1v) is 8.38. The van der Waals surface area contributed by atoms with Crippen LogP contribution in [0.15, 0.2) is 72.8 Å². The van der Waals surface area contributed by atoms with Crippen LogP contribution >= 0.6 is 0 Å². The Bertz CT molecular complexity index is 1010. The molecule has 0 spiro atoms. The fourth-order valence-corrected chi connectivity index (χ4v) is 3.05. The molecule has 2 N–H and O–H groups in total. The molecular weight excluding hydrogens is 324 g/mol. The van der Waals surface area contributed by atoms with Crippen LogP contribution in [-0.2, 0) is 4.79 Å². The van der Waals surface area contributed by atoms with E-state index in [0.29, 0.717) is 11.1 Å². The third-order valence-electron chi connectivity index (χ3n) is 4.06. The van der Waals surface area contributed by atoms with E-state index in [1.807, 2.05) is 60.7 Å². The Labute approximate surface area is 152 Å². The summed E-state index contributed by atoms with van der Waals surface area (Å²) in [5.41, 5.74) is 1.35. The second-order valence-corrected chi connectivity index (χ2v) is 6.27. The number of rotatable bonds is 1. The lowest BCUT2D eigenvalue weighted by Gasteiger charge is -2.14. The molecule has 0 heterocycles. The third kappa shape index (κ3) is 3.38. The number of ketones is 1. The van der Waals surface area contributed by atoms with Gasteiger partial charge in [-0.05, 0) is 47.5 Å². The number of benzene rings is 4. The Kier molecular flexibility index (Phi) is 4.90. The Balaban J connectivity index is 0.000000447. The molecule has 0 atom stereocenters. The van der Waals surface area contributed by atoms with Gasteiger partial charge < -0.3 is 15.0 Å². The maximum Gasteiger partial charge on any atom is 0.126 e. The number of phenolic OH excluding ortho intramolecular Hbond substituents is 2. The van der Waals surface area contributed by atoms with E-state index in [1.54, 1.807) is 12.1 Å². The Hall–Kier alpha value is -3.33. The van der Waals surface area contributed by atoms with Crippen LogP contribution in [0.3, 0.4) is 0 Å². The minimum Gasteiger partial charge on any atom is -0.507 e. The molecule has 4 aromatic rings. The zero-order valence-corrected chi connectivity index (χ0v) is 14.7. The number of fused-ring (bicyclic) bond motifs is 2. The van der Waals surface area contributed by atoms with Crippen LogP contribution in [0.25, 0.3) is 32.7 Å². The van der Waals surface area contributed by atoms with E-state index in [9.17, 15) is 15.0 Å². The topological polar surface area (TPSA) is 57.5 Å². The first-order chi connectivity index (χ1) is 12.5. The highest BCUT2D eigenvalue weighted by molar-refractivity contribution is 6.09. The van der Waals surface area contributed by atoms with Gasteiger partial charge in [0.25, 0.3) is 0 Å². The summed E-state index contributed by atoms with van der Waals surface area (Å²) in [6.07, 6.45) is 0. The summed E-state index contributed by atoms with van der Waals surface area (Å²) in [5, 5.41) is 24.8. The zero-order valence-electron chi connectivity index (χ0n) is 14.7. The second kappa shape index (κ2) is 7.28. The van der Waals surface area contributed by atoms with E-state index in [1.165, 1.54) is 13.8 Å². The maximum atomic E-state index is 10.4. The summed E-state index contributed by atoms with van der Waals surface area (Å²) in [6.45, 7) is 3.06. The molecule has 0 fully saturated rings. The summed E-state index contributed by atoms with van der Waals surface area (Å²) in [7, 11) is 0. The molecule has 4 aromatic carbocycles. The molecule has 0 aliphatic heterocycles. The van der Waals surface area contributed by atoms with Gasteiger partial charge in [-0.3, -0.25) is 0 Å². The molecule has 3 heteroatoms. The summed E-state index contributed by atoms with van der Waals surface area (Å²) < 4.78 is 0. The third-order valence-corrected chi connectivity index (χ3v) is 4.06. The number of hydrogen-bond acceptors (Lipinski definition) is 3. The minimum atomic E-state index is 0.167. The Morgan fingerprint density at radius 2 is 0.962 bits per heavy atom. The van der Waals surface area contributed by atoms with E-state index in [4.69, 9.17) is 0 Å². The van der Waals surface area contributed by atoms with Gasteiger partial charge in [0.2, 0.25) is 0 Å². The van der Waals surface area contributed by atoms with Crippen molar-refractivity contribution in [2.45, 2.75) is 13.8 Å². The van der Waals surface area contributed by atoms with Crippen molar-refractivity contribution in [3.8, 4) is 22.6 Å². The highest BCUT2D eigenvalue weighted by Crippen LogP contribution is 2.44. The average Bonchev–Trinajstić information content (AvgIpc) is 2.62. The van der Waals surface area contributed by atoms with E-state index < -0.39 is 0 Å². The first-order valence-electron chi connectivity index (χ1n) is 8.38. The monoisotopic (exact) mass is 344 g/mol. The second-order valence-electron chi connectivity index (χ2n) is 6.27. The molecule has 26 heavy (non-hydrogen) atoms. The van der Waals surface area contributed by atoms with Crippen LogP contribution in [0, 0.1) is 0 Å². The van der Waals surface area contributed by atoms with Gasteiger partial charge in [-0.2, -0.15) is 0 Å². The van der Waals surface area contributed by atoms with Gasteiger partial charge in [0.1, 0.15) is 17.3 Å². The largest absolute Gasteiger partial charge is 0.507 e. The average molecular weight is 344 g/mol. The van der Waals surface area contributed by atoms with Crippen LogP contribution in [0.5, 0.6) is 11.5 Å².